The average Bonchev–Trinajstić information content (AvgIpc) is 3.23. The Hall–Kier alpha value is -1.91. The molecule has 0 N–H and O–H groups in total. The van der Waals surface area contributed by atoms with E-state index in [0.29, 0.717) is 25.6 Å². The summed E-state index contributed by atoms with van der Waals surface area (Å²) >= 11 is 0. The van der Waals surface area contributed by atoms with Crippen LogP contribution in [0.5, 0.6) is 0 Å². The van der Waals surface area contributed by atoms with E-state index in [0.717, 1.165) is 37.1 Å². The number of rotatable bonds is 2. The lowest BCUT2D eigenvalue weighted by Gasteiger charge is -2.30. The monoisotopic (exact) mass is 313 g/mol. The van der Waals surface area contributed by atoms with Crippen LogP contribution in [0, 0.1) is 5.92 Å². The van der Waals surface area contributed by atoms with Gasteiger partial charge in [-0.2, -0.15) is 0 Å². The molecule has 1 aromatic rings. The van der Waals surface area contributed by atoms with Crippen LogP contribution >= 0.6 is 0 Å². The van der Waals surface area contributed by atoms with Gasteiger partial charge in [-0.3, -0.25) is 14.6 Å². The van der Waals surface area contributed by atoms with Crippen LogP contribution in [0.1, 0.15) is 43.4 Å². The van der Waals surface area contributed by atoms with Gasteiger partial charge in [-0.1, -0.05) is 18.9 Å². The second-order valence-electron chi connectivity index (χ2n) is 7.00. The highest BCUT2D eigenvalue weighted by atomic mass is 16.2. The normalized spacial score (nSPS) is 25.0. The Morgan fingerprint density at radius 2 is 2.09 bits per heavy atom. The molecule has 4 rings (SSSR count). The maximum atomic E-state index is 12.8. The van der Waals surface area contributed by atoms with Crippen molar-refractivity contribution in [2.75, 3.05) is 13.1 Å². The molecule has 5 nitrogen and oxygen atoms in total. The molecule has 23 heavy (non-hydrogen) atoms. The first-order chi connectivity index (χ1) is 11.2. The summed E-state index contributed by atoms with van der Waals surface area (Å²) in [6.45, 7) is 1.98. The molecule has 3 aliphatic rings. The van der Waals surface area contributed by atoms with Gasteiger partial charge < -0.3 is 9.80 Å². The molecule has 2 aliphatic heterocycles. The van der Waals surface area contributed by atoms with Gasteiger partial charge in [0.05, 0.1) is 5.92 Å². The molecule has 122 valence electrons. The molecular weight excluding hydrogens is 290 g/mol. The van der Waals surface area contributed by atoms with Gasteiger partial charge >= 0.3 is 0 Å². The number of hydrogen-bond donors (Lipinski definition) is 0. The van der Waals surface area contributed by atoms with Crippen LogP contribution in [0.15, 0.2) is 18.3 Å². The van der Waals surface area contributed by atoms with E-state index in [4.69, 9.17) is 0 Å². The summed E-state index contributed by atoms with van der Waals surface area (Å²) in [5.74, 6) is 0.170. The topological polar surface area (TPSA) is 53.5 Å². The maximum absolute atomic E-state index is 12.8. The van der Waals surface area contributed by atoms with E-state index >= 15 is 0 Å². The van der Waals surface area contributed by atoms with Gasteiger partial charge in [-0.15, -0.1) is 0 Å². The average molecular weight is 313 g/mol. The fourth-order valence-corrected chi connectivity index (χ4v) is 4.28. The molecular formula is C18H23N3O2. The first kappa shape index (κ1) is 14.7. The number of fused-ring (bicyclic) bond motifs is 1. The molecule has 1 saturated carbocycles. The van der Waals surface area contributed by atoms with Crippen molar-refractivity contribution in [2.24, 2.45) is 5.92 Å². The minimum absolute atomic E-state index is 0.147. The third kappa shape index (κ3) is 2.73. The van der Waals surface area contributed by atoms with Crippen LogP contribution in [-0.4, -0.2) is 45.7 Å². The van der Waals surface area contributed by atoms with Crippen LogP contribution in [0.4, 0.5) is 0 Å². The fourth-order valence-electron chi connectivity index (χ4n) is 4.28. The van der Waals surface area contributed by atoms with Gasteiger partial charge in [-0.25, -0.2) is 0 Å². The second kappa shape index (κ2) is 5.95. The van der Waals surface area contributed by atoms with Gasteiger partial charge in [0.1, 0.15) is 0 Å². The van der Waals surface area contributed by atoms with Crippen molar-refractivity contribution < 1.29 is 9.59 Å². The maximum Gasteiger partial charge on any atom is 0.228 e. The second-order valence-corrected chi connectivity index (χ2v) is 7.00. The third-order valence-electron chi connectivity index (χ3n) is 5.55. The van der Waals surface area contributed by atoms with Crippen LogP contribution in [0.2, 0.25) is 0 Å². The molecule has 1 atom stereocenters. The largest absolute Gasteiger partial charge is 0.339 e. The van der Waals surface area contributed by atoms with Gasteiger partial charge in [0, 0.05) is 50.4 Å². The van der Waals surface area contributed by atoms with Gasteiger partial charge in [0.2, 0.25) is 11.8 Å². The minimum atomic E-state index is -0.152. The number of pyridine rings is 1. The Morgan fingerprint density at radius 3 is 2.91 bits per heavy atom. The lowest BCUT2D eigenvalue weighted by Crippen LogP contribution is -2.41. The number of carbonyl (C=O) groups is 2. The molecule has 3 heterocycles. The third-order valence-corrected chi connectivity index (χ3v) is 5.55. The standard InChI is InChI=1S/C18H23N3O2/c22-17-10-14(12-21(17)15-5-1-2-6-15)18(23)20-9-7-16-13(11-20)4-3-8-19-16/h3-4,8,14-15H,1-2,5-7,9-12H2. The van der Waals surface area contributed by atoms with E-state index in [-0.39, 0.29) is 17.7 Å². The summed E-state index contributed by atoms with van der Waals surface area (Å²) in [4.78, 5) is 33.4. The molecule has 2 fully saturated rings. The Bertz CT molecular complexity index is 624. The van der Waals surface area contributed by atoms with Crippen LogP contribution in [-0.2, 0) is 22.6 Å². The predicted molar refractivity (Wildman–Crippen MR) is 85.4 cm³/mol. The Kier molecular flexibility index (Phi) is 3.79. The molecule has 0 radical (unpaired) electrons. The molecule has 1 aliphatic carbocycles. The van der Waals surface area contributed by atoms with Gasteiger partial charge in [0.25, 0.3) is 0 Å². The van der Waals surface area contributed by atoms with Crippen molar-refractivity contribution in [3.63, 3.8) is 0 Å². The number of hydrogen-bond acceptors (Lipinski definition) is 3. The molecule has 1 unspecified atom stereocenters. The number of carbonyl (C=O) groups excluding carboxylic acids is 2. The summed E-state index contributed by atoms with van der Waals surface area (Å²) < 4.78 is 0. The van der Waals surface area contributed by atoms with Crippen LogP contribution in [0.3, 0.4) is 0 Å². The van der Waals surface area contributed by atoms with Crippen molar-refractivity contribution >= 4 is 11.8 Å². The molecule has 0 spiro atoms. The zero-order valence-electron chi connectivity index (χ0n) is 13.4. The highest BCUT2D eigenvalue weighted by Crippen LogP contribution is 2.31. The molecule has 2 amide bonds. The van der Waals surface area contributed by atoms with E-state index in [1.807, 2.05) is 28.1 Å². The van der Waals surface area contributed by atoms with Crippen molar-refractivity contribution in [2.45, 2.75) is 51.1 Å². The quantitative estimate of drug-likeness (QED) is 0.836. The Morgan fingerprint density at radius 1 is 1.26 bits per heavy atom. The first-order valence-electron chi connectivity index (χ1n) is 8.73. The zero-order valence-corrected chi connectivity index (χ0v) is 13.4. The smallest absolute Gasteiger partial charge is 0.228 e. The molecule has 5 heteroatoms. The fraction of sp³-hybridized carbons (Fsp3) is 0.611. The number of amides is 2. The summed E-state index contributed by atoms with van der Waals surface area (Å²) in [6.07, 6.45) is 7.66. The summed E-state index contributed by atoms with van der Waals surface area (Å²) in [6, 6.07) is 4.35. The van der Waals surface area contributed by atoms with E-state index in [1.165, 1.54) is 12.8 Å². The van der Waals surface area contributed by atoms with E-state index in [1.54, 1.807) is 0 Å². The van der Waals surface area contributed by atoms with Crippen LogP contribution < -0.4 is 0 Å². The van der Waals surface area contributed by atoms with E-state index < -0.39 is 0 Å². The van der Waals surface area contributed by atoms with Crippen molar-refractivity contribution in [3.05, 3.63) is 29.6 Å². The minimum Gasteiger partial charge on any atom is -0.339 e. The Labute approximate surface area is 136 Å². The SMILES string of the molecule is O=C(C1CC(=O)N(C2CCCC2)C1)N1CCc2ncccc2C1. The summed E-state index contributed by atoms with van der Waals surface area (Å²) in [7, 11) is 0. The van der Waals surface area contributed by atoms with Crippen molar-refractivity contribution in [3.8, 4) is 0 Å². The van der Waals surface area contributed by atoms with Crippen LogP contribution in [0.25, 0.3) is 0 Å². The molecule has 0 bridgehead atoms. The summed E-state index contributed by atoms with van der Waals surface area (Å²) in [5.41, 5.74) is 2.25. The molecule has 1 saturated heterocycles. The first-order valence-corrected chi connectivity index (χ1v) is 8.73. The lowest BCUT2D eigenvalue weighted by atomic mass is 10.0. The number of aromatic nitrogens is 1. The van der Waals surface area contributed by atoms with Gasteiger partial charge in [0.15, 0.2) is 0 Å². The van der Waals surface area contributed by atoms with E-state index in [2.05, 4.69) is 4.98 Å². The molecule has 1 aromatic heterocycles. The Balaban J connectivity index is 1.43. The van der Waals surface area contributed by atoms with E-state index in [9.17, 15) is 9.59 Å². The lowest BCUT2D eigenvalue weighted by molar-refractivity contribution is -0.136. The highest BCUT2D eigenvalue weighted by molar-refractivity contribution is 5.89. The molecule has 0 aromatic carbocycles. The zero-order chi connectivity index (χ0) is 15.8. The van der Waals surface area contributed by atoms with Crippen molar-refractivity contribution in [1.82, 2.24) is 14.8 Å². The summed E-state index contributed by atoms with van der Waals surface area (Å²) in [5, 5.41) is 0. The predicted octanol–water partition coefficient (Wildman–Crippen LogP) is 1.76. The van der Waals surface area contributed by atoms with Crippen molar-refractivity contribution in [1.29, 1.82) is 0 Å². The van der Waals surface area contributed by atoms with Gasteiger partial charge in [-0.05, 0) is 24.5 Å². The number of nitrogens with zero attached hydrogens (tertiary/aromatic N) is 3. The highest BCUT2D eigenvalue weighted by Gasteiger charge is 2.40. The number of likely N-dealkylation sites (tertiary alicyclic amines) is 1.